The van der Waals surface area contributed by atoms with Gasteiger partial charge in [0.25, 0.3) is 0 Å². The molecule has 1 atom stereocenters. The molecule has 2 saturated heterocycles. The highest BCUT2D eigenvalue weighted by Crippen LogP contribution is 2.25. The second kappa shape index (κ2) is 10.2. The Labute approximate surface area is 163 Å². The van der Waals surface area contributed by atoms with E-state index in [9.17, 15) is 4.79 Å². The van der Waals surface area contributed by atoms with Crippen LogP contribution in [-0.4, -0.2) is 85.0 Å². The number of hydrogen-bond donors (Lipinski definition) is 1. The third-order valence-corrected chi connectivity index (χ3v) is 6.10. The zero-order chi connectivity index (χ0) is 19.1. The third kappa shape index (κ3) is 5.74. The standard InChI is InChI=1S/C21H35N5O/c1-22-11-15-24(2)21(27)19-4-3-12-26(17-19)20-7-13-25(14-8-20)16-18-5-9-23-10-6-18/h5-6,9-10,19-20,22H,3-4,7-8,11-17H2,1-2H3/t19-/m1/s1. The lowest BCUT2D eigenvalue weighted by Crippen LogP contribution is -2.51. The number of rotatable bonds is 7. The first-order valence-electron chi connectivity index (χ1n) is 10.4. The van der Waals surface area contributed by atoms with Crippen LogP contribution in [-0.2, 0) is 11.3 Å². The number of amides is 1. The number of carbonyl (C=O) groups excluding carboxylic acids is 1. The van der Waals surface area contributed by atoms with Crippen LogP contribution < -0.4 is 5.32 Å². The van der Waals surface area contributed by atoms with Crippen LogP contribution in [0.5, 0.6) is 0 Å². The van der Waals surface area contributed by atoms with Gasteiger partial charge in [-0.1, -0.05) is 0 Å². The minimum Gasteiger partial charge on any atom is -0.344 e. The van der Waals surface area contributed by atoms with Crippen molar-refractivity contribution < 1.29 is 4.79 Å². The van der Waals surface area contributed by atoms with Gasteiger partial charge < -0.3 is 10.2 Å². The van der Waals surface area contributed by atoms with Crippen LogP contribution in [0.15, 0.2) is 24.5 Å². The highest BCUT2D eigenvalue weighted by molar-refractivity contribution is 5.78. The van der Waals surface area contributed by atoms with Gasteiger partial charge in [0.15, 0.2) is 0 Å². The molecule has 2 aliphatic rings. The molecule has 1 aromatic rings. The van der Waals surface area contributed by atoms with Crippen molar-refractivity contribution in [2.24, 2.45) is 5.92 Å². The fourth-order valence-electron chi connectivity index (χ4n) is 4.43. The summed E-state index contributed by atoms with van der Waals surface area (Å²) in [5.41, 5.74) is 1.34. The highest BCUT2D eigenvalue weighted by Gasteiger charge is 2.32. The lowest BCUT2D eigenvalue weighted by atomic mass is 9.93. The molecule has 1 amide bonds. The smallest absolute Gasteiger partial charge is 0.226 e. The summed E-state index contributed by atoms with van der Waals surface area (Å²) in [5.74, 6) is 0.500. The Bertz CT molecular complexity index is 573. The number of nitrogens with one attached hydrogen (secondary N) is 1. The van der Waals surface area contributed by atoms with Crippen LogP contribution in [0, 0.1) is 5.92 Å². The van der Waals surface area contributed by atoms with E-state index in [1.807, 2.05) is 31.4 Å². The average Bonchev–Trinajstić information content (AvgIpc) is 2.73. The number of carbonyl (C=O) groups is 1. The summed E-state index contributed by atoms with van der Waals surface area (Å²) in [6.45, 7) is 7.05. The number of piperidine rings is 2. The molecule has 0 unspecified atom stereocenters. The lowest BCUT2D eigenvalue weighted by Gasteiger charge is -2.42. The molecular weight excluding hydrogens is 338 g/mol. The molecule has 3 rings (SSSR count). The van der Waals surface area contributed by atoms with E-state index in [1.54, 1.807) is 0 Å². The van der Waals surface area contributed by atoms with Gasteiger partial charge in [-0.15, -0.1) is 0 Å². The second-order valence-electron chi connectivity index (χ2n) is 8.06. The summed E-state index contributed by atoms with van der Waals surface area (Å²) >= 11 is 0. The van der Waals surface area contributed by atoms with Gasteiger partial charge in [-0.2, -0.15) is 0 Å². The quantitative estimate of drug-likeness (QED) is 0.784. The monoisotopic (exact) mass is 373 g/mol. The van der Waals surface area contributed by atoms with Crippen molar-refractivity contribution in [1.29, 1.82) is 0 Å². The summed E-state index contributed by atoms with van der Waals surface area (Å²) in [4.78, 5) is 23.9. The number of hydrogen-bond acceptors (Lipinski definition) is 5. The molecule has 0 bridgehead atoms. The van der Waals surface area contributed by atoms with Crippen LogP contribution in [0.2, 0.25) is 0 Å². The van der Waals surface area contributed by atoms with Crippen molar-refractivity contribution >= 4 is 5.91 Å². The SMILES string of the molecule is CNCCN(C)C(=O)[C@@H]1CCCN(C2CCN(Cc3ccncc3)CC2)C1. The normalized spacial score (nSPS) is 22.7. The average molecular weight is 374 g/mol. The number of likely N-dealkylation sites (N-methyl/N-ethyl adjacent to an activating group) is 2. The first-order valence-corrected chi connectivity index (χ1v) is 10.4. The van der Waals surface area contributed by atoms with Crippen LogP contribution in [0.1, 0.15) is 31.2 Å². The highest BCUT2D eigenvalue weighted by atomic mass is 16.2. The van der Waals surface area contributed by atoms with Crippen molar-refractivity contribution in [2.75, 3.05) is 53.4 Å². The molecule has 27 heavy (non-hydrogen) atoms. The van der Waals surface area contributed by atoms with Gasteiger partial charge in [-0.25, -0.2) is 0 Å². The lowest BCUT2D eigenvalue weighted by molar-refractivity contribution is -0.136. The Morgan fingerprint density at radius 2 is 1.96 bits per heavy atom. The Balaban J connectivity index is 1.46. The van der Waals surface area contributed by atoms with Gasteiger partial charge in [0.1, 0.15) is 0 Å². The first kappa shape index (κ1) is 20.2. The van der Waals surface area contributed by atoms with Crippen LogP contribution in [0.3, 0.4) is 0 Å². The van der Waals surface area contributed by atoms with E-state index in [1.165, 1.54) is 18.4 Å². The van der Waals surface area contributed by atoms with Crippen LogP contribution in [0.25, 0.3) is 0 Å². The number of aromatic nitrogens is 1. The van der Waals surface area contributed by atoms with E-state index in [0.29, 0.717) is 11.9 Å². The van der Waals surface area contributed by atoms with Crippen LogP contribution >= 0.6 is 0 Å². The van der Waals surface area contributed by atoms with Gasteiger partial charge in [0.05, 0.1) is 5.92 Å². The first-order chi connectivity index (χ1) is 13.2. The van der Waals surface area contributed by atoms with Gasteiger partial charge in [0.2, 0.25) is 5.91 Å². The summed E-state index contributed by atoms with van der Waals surface area (Å²) in [5, 5.41) is 3.13. The molecule has 0 saturated carbocycles. The van der Waals surface area contributed by atoms with Crippen LogP contribution in [0.4, 0.5) is 0 Å². The predicted molar refractivity (Wildman–Crippen MR) is 108 cm³/mol. The van der Waals surface area contributed by atoms with E-state index in [-0.39, 0.29) is 5.92 Å². The van der Waals surface area contributed by atoms with Crippen molar-refractivity contribution in [1.82, 2.24) is 25.0 Å². The maximum absolute atomic E-state index is 12.7. The van der Waals surface area contributed by atoms with E-state index in [0.717, 1.165) is 58.7 Å². The maximum Gasteiger partial charge on any atom is 0.226 e. The van der Waals surface area contributed by atoms with Gasteiger partial charge >= 0.3 is 0 Å². The summed E-state index contributed by atoms with van der Waals surface area (Å²) in [7, 11) is 3.87. The number of nitrogens with zero attached hydrogens (tertiary/aromatic N) is 4. The Kier molecular flexibility index (Phi) is 7.61. The molecule has 150 valence electrons. The van der Waals surface area contributed by atoms with E-state index in [2.05, 4.69) is 32.2 Å². The van der Waals surface area contributed by atoms with E-state index >= 15 is 0 Å². The molecule has 6 heteroatoms. The van der Waals surface area contributed by atoms with Crippen molar-refractivity contribution in [2.45, 2.75) is 38.3 Å². The number of pyridine rings is 1. The third-order valence-electron chi connectivity index (χ3n) is 6.10. The molecular formula is C21H35N5O. The summed E-state index contributed by atoms with van der Waals surface area (Å²) < 4.78 is 0. The summed E-state index contributed by atoms with van der Waals surface area (Å²) in [6.07, 6.45) is 8.36. The zero-order valence-corrected chi connectivity index (χ0v) is 16.9. The van der Waals surface area contributed by atoms with Crippen molar-refractivity contribution in [3.05, 3.63) is 30.1 Å². The summed E-state index contributed by atoms with van der Waals surface area (Å²) in [6, 6.07) is 4.85. The second-order valence-corrected chi connectivity index (χ2v) is 8.06. The number of likely N-dealkylation sites (tertiary alicyclic amines) is 2. The topological polar surface area (TPSA) is 51.7 Å². The molecule has 0 radical (unpaired) electrons. The molecule has 0 aliphatic carbocycles. The molecule has 2 fully saturated rings. The van der Waals surface area contributed by atoms with Crippen molar-refractivity contribution in [3.8, 4) is 0 Å². The Morgan fingerprint density at radius 1 is 1.22 bits per heavy atom. The fourth-order valence-corrected chi connectivity index (χ4v) is 4.43. The maximum atomic E-state index is 12.7. The van der Waals surface area contributed by atoms with Crippen molar-refractivity contribution in [3.63, 3.8) is 0 Å². The van der Waals surface area contributed by atoms with E-state index < -0.39 is 0 Å². The predicted octanol–water partition coefficient (Wildman–Crippen LogP) is 1.44. The molecule has 6 nitrogen and oxygen atoms in total. The molecule has 1 N–H and O–H groups in total. The van der Waals surface area contributed by atoms with Gasteiger partial charge in [-0.05, 0) is 70.1 Å². The minimum absolute atomic E-state index is 0.176. The largest absolute Gasteiger partial charge is 0.344 e. The molecule has 0 spiro atoms. The minimum atomic E-state index is 0.176. The molecule has 3 heterocycles. The molecule has 1 aromatic heterocycles. The van der Waals surface area contributed by atoms with E-state index in [4.69, 9.17) is 0 Å². The van der Waals surface area contributed by atoms with Gasteiger partial charge in [-0.3, -0.25) is 19.6 Å². The Hall–Kier alpha value is -1.50. The Morgan fingerprint density at radius 3 is 2.67 bits per heavy atom. The fraction of sp³-hybridized carbons (Fsp3) is 0.714. The molecule has 2 aliphatic heterocycles. The zero-order valence-electron chi connectivity index (χ0n) is 16.9. The molecule has 0 aromatic carbocycles. The van der Waals surface area contributed by atoms with Gasteiger partial charge in [0, 0.05) is 51.7 Å².